The maximum Gasteiger partial charge on any atom is 0.240 e. The number of nitrogen functional groups attached to an aromatic ring is 1. The first-order valence-electron chi connectivity index (χ1n) is 3.30. The van der Waals surface area contributed by atoms with Crippen molar-refractivity contribution in [2.24, 2.45) is 5.73 Å². The number of hydrogen-bond donors (Lipinski definition) is 2. The van der Waals surface area contributed by atoms with E-state index in [1.165, 1.54) is 0 Å². The summed E-state index contributed by atoms with van der Waals surface area (Å²) >= 11 is 0. The van der Waals surface area contributed by atoms with Crippen LogP contribution >= 0.6 is 0 Å². The van der Waals surface area contributed by atoms with Crippen LogP contribution in [0.3, 0.4) is 0 Å². The lowest BCUT2D eigenvalue weighted by Crippen LogP contribution is -2.04. The van der Waals surface area contributed by atoms with Gasteiger partial charge in [0.25, 0.3) is 0 Å². The van der Waals surface area contributed by atoms with E-state index in [1.807, 2.05) is 0 Å². The lowest BCUT2D eigenvalue weighted by Gasteiger charge is -1.83. The maximum absolute atomic E-state index is 9.47. The zero-order chi connectivity index (χ0) is 9.40. The molecule has 1 aromatic carbocycles. The zero-order valence-corrected chi connectivity index (χ0v) is 6.66. The van der Waals surface area contributed by atoms with E-state index in [9.17, 15) is 4.79 Å². The zero-order valence-electron chi connectivity index (χ0n) is 6.66. The van der Waals surface area contributed by atoms with Crippen LogP contribution in [-0.4, -0.2) is 5.91 Å². The van der Waals surface area contributed by atoms with Crippen LogP contribution in [0.1, 0.15) is 0 Å². The molecule has 12 heavy (non-hydrogen) atoms. The Kier molecular flexibility index (Phi) is 5.09. The van der Waals surface area contributed by atoms with Crippen molar-refractivity contribution >= 4 is 11.6 Å². The van der Waals surface area contributed by atoms with Gasteiger partial charge in [-0.05, 0) is 24.3 Å². The van der Waals surface area contributed by atoms with Crippen molar-refractivity contribution in [3.8, 4) is 0 Å². The Morgan fingerprint density at radius 2 is 1.92 bits per heavy atom. The first-order valence-corrected chi connectivity index (χ1v) is 3.30. The first-order chi connectivity index (χ1) is 5.66. The molecule has 0 aliphatic rings. The Labute approximate surface area is 71.7 Å². The lowest BCUT2D eigenvalue weighted by molar-refractivity contribution is -0.113. The molecule has 3 nitrogen and oxygen atoms in total. The average molecular weight is 163 g/mol. The number of nitrogens with two attached hydrogens (primary N) is 2. The van der Waals surface area contributed by atoms with Gasteiger partial charge < -0.3 is 11.5 Å². The molecule has 3 heteroatoms. The molecule has 0 saturated carbocycles. The quantitative estimate of drug-likeness (QED) is 0.473. The third kappa shape index (κ3) is 6.35. The number of primary amides is 1. The molecule has 1 aromatic rings. The van der Waals surface area contributed by atoms with Crippen molar-refractivity contribution < 1.29 is 4.79 Å². The Morgan fingerprint density at radius 3 is 2.08 bits per heavy atom. The van der Waals surface area contributed by atoms with Gasteiger partial charge in [-0.3, -0.25) is 4.79 Å². The van der Waals surface area contributed by atoms with Crippen LogP contribution in [0.15, 0.2) is 36.9 Å². The SMILES string of the molecule is C=CC(N)=O.Nc1cc[c]cc1. The van der Waals surface area contributed by atoms with Crippen LogP contribution in [0.4, 0.5) is 5.69 Å². The van der Waals surface area contributed by atoms with Crippen LogP contribution in [0.5, 0.6) is 0 Å². The van der Waals surface area contributed by atoms with Gasteiger partial charge in [-0.1, -0.05) is 18.7 Å². The summed E-state index contributed by atoms with van der Waals surface area (Å²) in [6.45, 7) is 3.09. The van der Waals surface area contributed by atoms with Gasteiger partial charge in [0.2, 0.25) is 5.91 Å². The highest BCUT2D eigenvalue weighted by Gasteiger charge is 1.72. The van der Waals surface area contributed by atoms with Gasteiger partial charge in [-0.2, -0.15) is 0 Å². The van der Waals surface area contributed by atoms with Crippen LogP contribution < -0.4 is 11.5 Å². The summed E-state index contributed by atoms with van der Waals surface area (Å²) in [5.74, 6) is -0.481. The number of carbonyl (C=O) groups is 1. The van der Waals surface area contributed by atoms with Crippen LogP contribution in [-0.2, 0) is 4.79 Å². The topological polar surface area (TPSA) is 69.1 Å². The van der Waals surface area contributed by atoms with Crippen molar-refractivity contribution in [1.29, 1.82) is 0 Å². The Hall–Kier alpha value is -1.77. The fourth-order valence-corrected chi connectivity index (χ4v) is 0.400. The standard InChI is InChI=1S/C6H6N.C3H5NO/c7-6-4-2-1-3-5-6;1-2-3(4)5/h2-5H,7H2;2H,1H2,(H2,4,5). The van der Waals surface area contributed by atoms with Gasteiger partial charge >= 0.3 is 0 Å². The van der Waals surface area contributed by atoms with Crippen LogP contribution in [0.2, 0.25) is 0 Å². The summed E-state index contributed by atoms with van der Waals surface area (Å²) in [4.78, 5) is 9.47. The highest BCUT2D eigenvalue weighted by Crippen LogP contribution is 1.95. The largest absolute Gasteiger partial charge is 0.399 e. The van der Waals surface area contributed by atoms with E-state index in [2.05, 4.69) is 18.4 Å². The molecular formula is C9H11N2O. The number of benzene rings is 1. The molecule has 0 aromatic heterocycles. The van der Waals surface area contributed by atoms with Crippen LogP contribution in [0, 0.1) is 6.07 Å². The summed E-state index contributed by atoms with van der Waals surface area (Å²) in [5, 5.41) is 0. The van der Waals surface area contributed by atoms with Crippen molar-refractivity contribution in [2.45, 2.75) is 0 Å². The first kappa shape index (κ1) is 10.2. The molecular weight excluding hydrogens is 152 g/mol. The van der Waals surface area contributed by atoms with E-state index < -0.39 is 5.91 Å². The van der Waals surface area contributed by atoms with Gasteiger partial charge in [0, 0.05) is 5.69 Å². The molecule has 0 atom stereocenters. The highest BCUT2D eigenvalue weighted by atomic mass is 16.1. The Bertz CT molecular complexity index is 244. The number of amides is 1. The molecule has 0 fully saturated rings. The summed E-state index contributed by atoms with van der Waals surface area (Å²) in [6, 6.07) is 10.0. The smallest absolute Gasteiger partial charge is 0.240 e. The molecule has 0 saturated heterocycles. The number of rotatable bonds is 1. The second kappa shape index (κ2) is 5.97. The second-order valence-corrected chi connectivity index (χ2v) is 1.94. The molecule has 1 radical (unpaired) electrons. The van der Waals surface area contributed by atoms with E-state index in [4.69, 9.17) is 5.73 Å². The van der Waals surface area contributed by atoms with Crippen molar-refractivity contribution in [1.82, 2.24) is 0 Å². The predicted molar refractivity (Wildman–Crippen MR) is 49.1 cm³/mol. The minimum absolute atomic E-state index is 0.481. The molecule has 4 N–H and O–H groups in total. The lowest BCUT2D eigenvalue weighted by atomic mass is 10.3. The number of anilines is 1. The summed E-state index contributed by atoms with van der Waals surface area (Å²) in [6.07, 6.45) is 1.06. The van der Waals surface area contributed by atoms with Crippen LogP contribution in [0.25, 0.3) is 0 Å². The molecule has 1 rings (SSSR count). The normalized spacial score (nSPS) is 7.67. The van der Waals surface area contributed by atoms with Crippen molar-refractivity contribution in [2.75, 3.05) is 5.73 Å². The van der Waals surface area contributed by atoms with Gasteiger partial charge in [0.15, 0.2) is 0 Å². The van der Waals surface area contributed by atoms with Crippen molar-refractivity contribution in [3.05, 3.63) is 43.0 Å². The second-order valence-electron chi connectivity index (χ2n) is 1.94. The summed E-state index contributed by atoms with van der Waals surface area (Å²) < 4.78 is 0. The monoisotopic (exact) mass is 163 g/mol. The molecule has 0 aliphatic carbocycles. The number of hydrogen-bond acceptors (Lipinski definition) is 2. The fraction of sp³-hybridized carbons (Fsp3) is 0. The fourth-order valence-electron chi connectivity index (χ4n) is 0.400. The molecule has 0 bridgehead atoms. The number of carbonyl (C=O) groups excluding carboxylic acids is 1. The van der Waals surface area contributed by atoms with E-state index in [1.54, 1.807) is 24.3 Å². The minimum Gasteiger partial charge on any atom is -0.399 e. The van der Waals surface area contributed by atoms with E-state index in [0.717, 1.165) is 11.8 Å². The molecule has 0 aliphatic heterocycles. The van der Waals surface area contributed by atoms with Crippen molar-refractivity contribution in [3.63, 3.8) is 0 Å². The third-order valence-electron chi connectivity index (χ3n) is 0.945. The molecule has 0 unspecified atom stereocenters. The predicted octanol–water partition coefficient (Wildman–Crippen LogP) is 0.727. The van der Waals surface area contributed by atoms with E-state index in [-0.39, 0.29) is 0 Å². The maximum atomic E-state index is 9.47. The minimum atomic E-state index is -0.481. The molecule has 0 spiro atoms. The third-order valence-corrected chi connectivity index (χ3v) is 0.945. The molecule has 0 heterocycles. The van der Waals surface area contributed by atoms with Gasteiger partial charge in [-0.15, -0.1) is 0 Å². The Balaban J connectivity index is 0.000000217. The van der Waals surface area contributed by atoms with E-state index in [0.29, 0.717) is 0 Å². The summed E-state index contributed by atoms with van der Waals surface area (Å²) in [5.41, 5.74) is 10.7. The van der Waals surface area contributed by atoms with Gasteiger partial charge in [0.1, 0.15) is 0 Å². The van der Waals surface area contributed by atoms with Gasteiger partial charge in [-0.25, -0.2) is 0 Å². The average Bonchev–Trinajstić information content (AvgIpc) is 2.07. The molecule has 63 valence electrons. The summed E-state index contributed by atoms with van der Waals surface area (Å²) in [7, 11) is 0. The highest BCUT2D eigenvalue weighted by molar-refractivity contribution is 5.84. The van der Waals surface area contributed by atoms with E-state index >= 15 is 0 Å². The van der Waals surface area contributed by atoms with Gasteiger partial charge in [0.05, 0.1) is 0 Å². The Morgan fingerprint density at radius 1 is 1.50 bits per heavy atom. The molecule has 1 amide bonds.